The molecule has 0 aliphatic carbocycles. The number of rotatable bonds is 5. The fraction of sp³-hybridized carbons (Fsp3) is 0.238. The van der Waals surface area contributed by atoms with Crippen LogP contribution in [-0.4, -0.2) is 60.9 Å². The molecule has 158 valence electrons. The van der Waals surface area contributed by atoms with Gasteiger partial charge in [-0.15, -0.1) is 0 Å². The molecule has 0 unspecified atom stereocenters. The predicted molar refractivity (Wildman–Crippen MR) is 110 cm³/mol. The molecule has 0 atom stereocenters. The van der Waals surface area contributed by atoms with Crippen molar-refractivity contribution in [2.45, 2.75) is 0 Å². The van der Waals surface area contributed by atoms with Gasteiger partial charge in [-0.2, -0.15) is 0 Å². The van der Waals surface area contributed by atoms with Crippen LogP contribution in [0.3, 0.4) is 0 Å². The van der Waals surface area contributed by atoms with Crippen molar-refractivity contribution >= 4 is 22.8 Å². The maximum absolute atomic E-state index is 14.4. The topological polar surface area (TPSA) is 79.2 Å². The van der Waals surface area contributed by atoms with E-state index in [0.717, 1.165) is 12.1 Å². The van der Waals surface area contributed by atoms with Crippen LogP contribution in [-0.2, 0) is 4.74 Å². The molecule has 3 rings (SSSR count). The third kappa shape index (κ3) is 4.46. The van der Waals surface area contributed by atoms with E-state index >= 15 is 0 Å². The van der Waals surface area contributed by atoms with Crippen LogP contribution in [0, 0.1) is 28.3 Å². The molecule has 0 fully saturated rings. The van der Waals surface area contributed by atoms with Gasteiger partial charge in [0.15, 0.2) is 0 Å². The number of aromatic nitrogens is 1. The Bertz CT molecular complexity index is 1090. The lowest BCUT2D eigenvalue weighted by atomic mass is 10.0. The van der Waals surface area contributed by atoms with E-state index in [9.17, 15) is 13.2 Å². The minimum absolute atomic E-state index is 0.00781. The standard InChI is InChI=1S/C21H22F3N5O/c1-28(2)8-9-29(3)21(26)30-20(25)17-15-10-14(23)11-16(24)19(15)27-18(17)12-4-6-13(22)7-5-12/h4-7,10-11,25-27H,8-9H2,1-3H3. The average molecular weight is 417 g/mol. The largest absolute Gasteiger partial charge is 0.407 e. The summed E-state index contributed by atoms with van der Waals surface area (Å²) in [6, 6.07) is 6.91. The first-order valence-electron chi connectivity index (χ1n) is 9.15. The van der Waals surface area contributed by atoms with E-state index in [1.165, 1.54) is 29.2 Å². The first-order chi connectivity index (χ1) is 14.2. The number of hydrogen-bond donors (Lipinski definition) is 3. The minimum Gasteiger partial charge on any atom is -0.407 e. The number of halogens is 3. The van der Waals surface area contributed by atoms with E-state index in [1.807, 2.05) is 19.0 Å². The number of likely N-dealkylation sites (N-methyl/N-ethyl adjacent to an activating group) is 2. The SMILES string of the molecule is CN(C)CCN(C)C(=N)OC(=N)c1c(-c2ccc(F)cc2)[nH]c2c(F)cc(F)cc12. The normalized spacial score (nSPS) is 11.2. The van der Waals surface area contributed by atoms with E-state index in [1.54, 1.807) is 7.05 Å². The van der Waals surface area contributed by atoms with Crippen molar-refractivity contribution in [2.24, 2.45) is 0 Å². The van der Waals surface area contributed by atoms with Gasteiger partial charge in [0, 0.05) is 31.6 Å². The van der Waals surface area contributed by atoms with Crippen molar-refractivity contribution < 1.29 is 17.9 Å². The number of H-pyrrole nitrogens is 1. The van der Waals surface area contributed by atoms with E-state index in [2.05, 4.69) is 4.98 Å². The number of amidine groups is 1. The molecule has 0 amide bonds. The zero-order valence-corrected chi connectivity index (χ0v) is 16.8. The summed E-state index contributed by atoms with van der Waals surface area (Å²) in [6.07, 6.45) is 0. The van der Waals surface area contributed by atoms with Crippen molar-refractivity contribution in [2.75, 3.05) is 34.2 Å². The van der Waals surface area contributed by atoms with Crippen molar-refractivity contribution in [3.05, 3.63) is 59.4 Å². The summed E-state index contributed by atoms with van der Waals surface area (Å²) in [6.45, 7) is 1.15. The molecule has 9 heteroatoms. The Morgan fingerprint density at radius 1 is 0.967 bits per heavy atom. The van der Waals surface area contributed by atoms with Crippen LogP contribution in [0.15, 0.2) is 36.4 Å². The molecule has 1 aromatic heterocycles. The number of nitrogens with zero attached hydrogens (tertiary/aromatic N) is 2. The fourth-order valence-electron chi connectivity index (χ4n) is 2.97. The highest BCUT2D eigenvalue weighted by molar-refractivity contribution is 6.13. The summed E-state index contributed by atoms with van der Waals surface area (Å²) in [5.74, 6) is -2.54. The molecule has 0 aliphatic heterocycles. The lowest BCUT2D eigenvalue weighted by Gasteiger charge is -2.21. The van der Waals surface area contributed by atoms with Crippen LogP contribution in [0.5, 0.6) is 0 Å². The second kappa shape index (κ2) is 8.58. The molecular weight excluding hydrogens is 395 g/mol. The molecule has 0 aliphatic rings. The van der Waals surface area contributed by atoms with E-state index in [0.29, 0.717) is 18.7 Å². The van der Waals surface area contributed by atoms with Crippen molar-refractivity contribution in [3.63, 3.8) is 0 Å². The van der Waals surface area contributed by atoms with Gasteiger partial charge in [-0.1, -0.05) is 0 Å². The van der Waals surface area contributed by atoms with E-state index in [4.69, 9.17) is 15.6 Å². The number of aromatic amines is 1. The summed E-state index contributed by atoms with van der Waals surface area (Å²) in [5, 5.41) is 16.6. The van der Waals surface area contributed by atoms with Gasteiger partial charge in [0.25, 0.3) is 6.02 Å². The Morgan fingerprint density at radius 3 is 2.27 bits per heavy atom. The van der Waals surface area contributed by atoms with Crippen molar-refractivity contribution in [3.8, 4) is 11.3 Å². The van der Waals surface area contributed by atoms with Crippen molar-refractivity contribution in [1.29, 1.82) is 10.8 Å². The van der Waals surface area contributed by atoms with Crippen LogP contribution in [0.1, 0.15) is 5.56 Å². The number of benzene rings is 2. The second-order valence-corrected chi connectivity index (χ2v) is 7.15. The molecule has 0 saturated heterocycles. The molecule has 1 heterocycles. The summed E-state index contributed by atoms with van der Waals surface area (Å²) in [5.41, 5.74) is 0.804. The molecule has 0 bridgehead atoms. The van der Waals surface area contributed by atoms with Crippen LogP contribution >= 0.6 is 0 Å². The molecule has 2 aromatic carbocycles. The second-order valence-electron chi connectivity index (χ2n) is 7.15. The molecule has 3 aromatic rings. The first-order valence-corrected chi connectivity index (χ1v) is 9.15. The number of ether oxygens (including phenoxy) is 1. The average Bonchev–Trinajstić information content (AvgIpc) is 3.06. The highest BCUT2D eigenvalue weighted by Gasteiger charge is 2.23. The van der Waals surface area contributed by atoms with Gasteiger partial charge in [0.05, 0.1) is 16.8 Å². The van der Waals surface area contributed by atoms with Gasteiger partial charge in [0.2, 0.25) is 5.90 Å². The summed E-state index contributed by atoms with van der Waals surface area (Å²) in [4.78, 5) is 6.30. The lowest BCUT2D eigenvalue weighted by molar-refractivity contribution is 0.319. The maximum Gasteiger partial charge on any atom is 0.291 e. The number of hydrogen-bond acceptors (Lipinski definition) is 4. The Hall–Kier alpha value is -3.33. The number of nitrogens with one attached hydrogen (secondary N) is 3. The van der Waals surface area contributed by atoms with E-state index < -0.39 is 23.3 Å². The lowest BCUT2D eigenvalue weighted by Crippen LogP contribution is -2.35. The molecule has 0 saturated carbocycles. The van der Waals surface area contributed by atoms with Crippen molar-refractivity contribution in [1.82, 2.24) is 14.8 Å². The Labute approximate surface area is 171 Å². The van der Waals surface area contributed by atoms with Crippen LogP contribution in [0.25, 0.3) is 22.2 Å². The molecule has 3 N–H and O–H groups in total. The summed E-state index contributed by atoms with van der Waals surface area (Å²) < 4.78 is 47.0. The van der Waals surface area contributed by atoms with Crippen LogP contribution in [0.2, 0.25) is 0 Å². The quantitative estimate of drug-likeness (QED) is 0.433. The third-order valence-electron chi connectivity index (χ3n) is 4.61. The molecular formula is C21H22F3N5O. The molecule has 0 spiro atoms. The van der Waals surface area contributed by atoms with Crippen LogP contribution in [0.4, 0.5) is 13.2 Å². The molecule has 0 radical (unpaired) electrons. The van der Waals surface area contributed by atoms with Gasteiger partial charge in [-0.3, -0.25) is 10.8 Å². The Kier molecular flexibility index (Phi) is 6.12. The van der Waals surface area contributed by atoms with Gasteiger partial charge in [-0.05, 0) is 50.0 Å². The van der Waals surface area contributed by atoms with Crippen LogP contribution < -0.4 is 0 Å². The highest BCUT2D eigenvalue weighted by Crippen LogP contribution is 2.33. The van der Waals surface area contributed by atoms with Gasteiger partial charge < -0.3 is 19.5 Å². The number of fused-ring (bicyclic) bond motifs is 1. The summed E-state index contributed by atoms with van der Waals surface area (Å²) >= 11 is 0. The zero-order valence-electron chi connectivity index (χ0n) is 16.8. The van der Waals surface area contributed by atoms with Gasteiger partial charge in [-0.25, -0.2) is 13.2 Å². The van der Waals surface area contributed by atoms with Gasteiger partial charge in [0.1, 0.15) is 17.5 Å². The molecule has 30 heavy (non-hydrogen) atoms. The maximum atomic E-state index is 14.4. The predicted octanol–water partition coefficient (Wildman–Crippen LogP) is 4.02. The Balaban J connectivity index is 2.02. The Morgan fingerprint density at radius 2 is 1.63 bits per heavy atom. The van der Waals surface area contributed by atoms with E-state index in [-0.39, 0.29) is 28.2 Å². The monoisotopic (exact) mass is 417 g/mol. The zero-order chi connectivity index (χ0) is 22.0. The fourth-order valence-corrected chi connectivity index (χ4v) is 2.97. The highest BCUT2D eigenvalue weighted by atomic mass is 19.1. The minimum atomic E-state index is -0.828. The molecule has 6 nitrogen and oxygen atoms in total. The smallest absolute Gasteiger partial charge is 0.291 e. The third-order valence-corrected chi connectivity index (χ3v) is 4.61. The summed E-state index contributed by atoms with van der Waals surface area (Å²) in [7, 11) is 5.43. The first kappa shape index (κ1) is 21.4. The van der Waals surface area contributed by atoms with Gasteiger partial charge >= 0.3 is 0 Å².